The van der Waals surface area contributed by atoms with E-state index in [4.69, 9.17) is 14.2 Å². The summed E-state index contributed by atoms with van der Waals surface area (Å²) in [4.78, 5) is 51.2. The fourth-order valence-corrected chi connectivity index (χ4v) is 7.18. The van der Waals surface area contributed by atoms with Crippen LogP contribution in [0.2, 0.25) is 0 Å². The van der Waals surface area contributed by atoms with Crippen molar-refractivity contribution in [1.29, 1.82) is 0 Å². The van der Waals surface area contributed by atoms with E-state index in [9.17, 15) is 24.5 Å². The lowest BCUT2D eigenvalue weighted by atomic mass is 10.1. The molecule has 5 rings (SSSR count). The zero-order valence-corrected chi connectivity index (χ0v) is 27.7. The second-order valence-electron chi connectivity index (χ2n) is 10.3. The standard InChI is InChI=1S/C31H32N6O8S2/c1-5-45-30(40)26-23-7-6-8-24(23)47-29(26)33-27(38)17(2)46-31-35-34-25(36(31)19-9-11-20(12-10-19)37(41)42)16-32-28(39)18-13-21(43-3)15-22(14-18)44-4/h9-15,17H,5-8,16H2,1-4H3,(H,32,39)(H,33,38). The average Bonchev–Trinajstić information content (AvgIpc) is 3.78. The van der Waals surface area contributed by atoms with Gasteiger partial charge in [0, 0.05) is 34.3 Å². The van der Waals surface area contributed by atoms with Gasteiger partial charge >= 0.3 is 5.97 Å². The van der Waals surface area contributed by atoms with Gasteiger partial charge in [0.25, 0.3) is 11.6 Å². The van der Waals surface area contributed by atoms with Crippen molar-refractivity contribution in [2.75, 3.05) is 26.1 Å². The highest BCUT2D eigenvalue weighted by atomic mass is 32.2. The lowest BCUT2D eigenvalue weighted by Gasteiger charge is -2.15. The number of methoxy groups -OCH3 is 2. The summed E-state index contributed by atoms with van der Waals surface area (Å²) in [6, 6.07) is 10.5. The number of fused-ring (bicyclic) bond motifs is 1. The van der Waals surface area contributed by atoms with E-state index < -0.39 is 22.0 Å². The Bertz CT molecular complexity index is 1800. The van der Waals surface area contributed by atoms with Crippen LogP contribution in [0.4, 0.5) is 10.7 Å². The van der Waals surface area contributed by atoms with Crippen LogP contribution in [-0.2, 0) is 28.9 Å². The minimum Gasteiger partial charge on any atom is -0.497 e. The minimum atomic E-state index is -0.699. The Morgan fingerprint density at radius 3 is 2.43 bits per heavy atom. The number of rotatable bonds is 13. The molecule has 1 unspecified atom stereocenters. The van der Waals surface area contributed by atoms with E-state index in [1.807, 2.05) is 0 Å². The average molecular weight is 681 g/mol. The first-order valence-corrected chi connectivity index (χ1v) is 16.3. The van der Waals surface area contributed by atoms with E-state index in [1.54, 1.807) is 36.6 Å². The molecule has 2 aromatic carbocycles. The summed E-state index contributed by atoms with van der Waals surface area (Å²) in [6.07, 6.45) is 2.54. The van der Waals surface area contributed by atoms with Gasteiger partial charge in [0.05, 0.1) is 43.1 Å². The van der Waals surface area contributed by atoms with Crippen LogP contribution in [0.1, 0.15) is 57.2 Å². The topological polar surface area (TPSA) is 177 Å². The second-order valence-corrected chi connectivity index (χ2v) is 12.7. The molecule has 0 spiro atoms. The zero-order valence-electron chi connectivity index (χ0n) is 26.0. The smallest absolute Gasteiger partial charge is 0.341 e. The normalized spacial score (nSPS) is 12.6. The van der Waals surface area contributed by atoms with Crippen molar-refractivity contribution < 1.29 is 33.5 Å². The maximum atomic E-state index is 13.4. The van der Waals surface area contributed by atoms with E-state index >= 15 is 0 Å². The molecule has 4 aromatic rings. The van der Waals surface area contributed by atoms with Gasteiger partial charge < -0.3 is 24.8 Å². The van der Waals surface area contributed by atoms with Gasteiger partial charge in [-0.1, -0.05) is 11.8 Å². The number of esters is 1. The first-order chi connectivity index (χ1) is 22.6. The van der Waals surface area contributed by atoms with Crippen LogP contribution in [0.15, 0.2) is 47.6 Å². The number of thioether (sulfide) groups is 1. The van der Waals surface area contributed by atoms with Gasteiger partial charge in [-0.15, -0.1) is 21.5 Å². The third kappa shape index (κ3) is 7.38. The summed E-state index contributed by atoms with van der Waals surface area (Å²) >= 11 is 2.49. The number of benzene rings is 2. The maximum Gasteiger partial charge on any atom is 0.341 e. The Morgan fingerprint density at radius 2 is 1.79 bits per heavy atom. The number of nitrogens with one attached hydrogen (secondary N) is 2. The third-order valence-electron chi connectivity index (χ3n) is 7.33. The number of non-ortho nitro benzene ring substituents is 1. The monoisotopic (exact) mass is 680 g/mol. The van der Waals surface area contributed by atoms with Crippen molar-refractivity contribution in [2.45, 2.75) is 50.1 Å². The van der Waals surface area contributed by atoms with E-state index in [-0.39, 0.29) is 24.7 Å². The number of carbonyl (C=O) groups excluding carboxylic acids is 3. The Kier molecular flexibility index (Phi) is 10.4. The van der Waals surface area contributed by atoms with Crippen LogP contribution in [-0.4, -0.2) is 63.5 Å². The van der Waals surface area contributed by atoms with Crippen LogP contribution >= 0.6 is 23.1 Å². The van der Waals surface area contributed by atoms with Crippen LogP contribution in [0.3, 0.4) is 0 Å². The van der Waals surface area contributed by atoms with Crippen LogP contribution < -0.4 is 20.1 Å². The molecule has 0 saturated carbocycles. The molecule has 1 atom stereocenters. The van der Waals surface area contributed by atoms with Crippen molar-refractivity contribution in [3.8, 4) is 17.2 Å². The molecule has 0 fully saturated rings. The number of hydrogen-bond donors (Lipinski definition) is 2. The molecule has 47 heavy (non-hydrogen) atoms. The first-order valence-electron chi connectivity index (χ1n) is 14.6. The molecule has 0 radical (unpaired) electrons. The first kappa shape index (κ1) is 33.4. The molecular weight excluding hydrogens is 649 g/mol. The van der Waals surface area contributed by atoms with Crippen molar-refractivity contribution in [2.24, 2.45) is 0 Å². The fourth-order valence-electron chi connectivity index (χ4n) is 5.01. The highest BCUT2D eigenvalue weighted by Crippen LogP contribution is 2.40. The molecule has 14 nitrogen and oxygen atoms in total. The largest absolute Gasteiger partial charge is 0.497 e. The predicted molar refractivity (Wildman–Crippen MR) is 175 cm³/mol. The lowest BCUT2D eigenvalue weighted by Crippen LogP contribution is -2.25. The number of nitro groups is 1. The number of hydrogen-bond acceptors (Lipinski definition) is 12. The van der Waals surface area contributed by atoms with Crippen molar-refractivity contribution in [3.63, 3.8) is 0 Å². The van der Waals surface area contributed by atoms with Crippen molar-refractivity contribution in [1.82, 2.24) is 20.1 Å². The van der Waals surface area contributed by atoms with Gasteiger partial charge in [-0.2, -0.15) is 0 Å². The maximum absolute atomic E-state index is 13.4. The number of anilines is 1. The van der Waals surface area contributed by atoms with Gasteiger partial charge in [0.2, 0.25) is 5.91 Å². The summed E-state index contributed by atoms with van der Waals surface area (Å²) < 4.78 is 17.4. The lowest BCUT2D eigenvalue weighted by molar-refractivity contribution is -0.384. The van der Waals surface area contributed by atoms with Crippen LogP contribution in [0.25, 0.3) is 5.69 Å². The van der Waals surface area contributed by atoms with Crippen molar-refractivity contribution >= 4 is 51.6 Å². The molecule has 1 aliphatic rings. The molecule has 0 saturated heterocycles. The van der Waals surface area contributed by atoms with Gasteiger partial charge in [0.1, 0.15) is 16.5 Å². The second kappa shape index (κ2) is 14.6. The minimum absolute atomic E-state index is 0.0624. The van der Waals surface area contributed by atoms with Gasteiger partial charge in [-0.3, -0.25) is 24.3 Å². The number of thiophene rings is 1. The van der Waals surface area contributed by atoms with E-state index in [0.29, 0.717) is 44.3 Å². The highest BCUT2D eigenvalue weighted by molar-refractivity contribution is 8.00. The SMILES string of the molecule is CCOC(=O)c1c(NC(=O)C(C)Sc2nnc(CNC(=O)c3cc(OC)cc(OC)c3)n2-c2ccc([N+](=O)[O-])cc2)sc2c1CCC2. The summed E-state index contributed by atoms with van der Waals surface area (Å²) in [7, 11) is 2.96. The Balaban J connectivity index is 1.39. The highest BCUT2D eigenvalue weighted by Gasteiger charge is 2.30. The van der Waals surface area contributed by atoms with Gasteiger partial charge in [-0.05, 0) is 62.9 Å². The van der Waals surface area contributed by atoms with E-state index in [0.717, 1.165) is 41.5 Å². The summed E-state index contributed by atoms with van der Waals surface area (Å²) in [6.45, 7) is 3.58. The molecular formula is C31H32N6O8S2. The van der Waals surface area contributed by atoms with Crippen LogP contribution in [0, 0.1) is 10.1 Å². The number of nitrogens with zero attached hydrogens (tertiary/aromatic N) is 4. The van der Waals surface area contributed by atoms with Gasteiger partial charge in [-0.25, -0.2) is 4.79 Å². The summed E-state index contributed by atoms with van der Waals surface area (Å²) in [5.41, 5.74) is 2.02. The number of carbonyl (C=O) groups is 3. The summed E-state index contributed by atoms with van der Waals surface area (Å²) in [5, 5.41) is 25.7. The third-order valence-corrected chi connectivity index (χ3v) is 9.58. The van der Waals surface area contributed by atoms with Crippen molar-refractivity contribution in [3.05, 3.63) is 80.0 Å². The van der Waals surface area contributed by atoms with E-state index in [2.05, 4.69) is 20.8 Å². The summed E-state index contributed by atoms with van der Waals surface area (Å²) in [5.74, 6) is -0.0498. The molecule has 1 aliphatic carbocycles. The Hall–Kier alpha value is -4.96. The predicted octanol–water partition coefficient (Wildman–Crippen LogP) is 4.97. The fraction of sp³-hybridized carbons (Fsp3) is 0.323. The molecule has 2 N–H and O–H groups in total. The number of aromatic nitrogens is 3. The number of aryl methyl sites for hydroxylation is 1. The number of ether oxygens (including phenoxy) is 3. The molecule has 0 aliphatic heterocycles. The molecule has 16 heteroatoms. The van der Waals surface area contributed by atoms with E-state index in [1.165, 1.54) is 49.8 Å². The van der Waals surface area contributed by atoms with Gasteiger partial charge in [0.15, 0.2) is 11.0 Å². The number of amides is 2. The quantitative estimate of drug-likeness (QED) is 0.0844. The number of nitro benzene ring substituents is 1. The molecule has 2 heterocycles. The Morgan fingerprint density at radius 1 is 1.09 bits per heavy atom. The van der Waals surface area contributed by atoms with Crippen LogP contribution in [0.5, 0.6) is 11.5 Å². The molecule has 246 valence electrons. The molecule has 2 aromatic heterocycles. The zero-order chi connectivity index (χ0) is 33.7. The molecule has 0 bridgehead atoms. The molecule has 2 amide bonds. The Labute approximate surface area is 278 Å².